The molecule has 0 bridgehead atoms. The minimum Gasteiger partial charge on any atom is -0.370 e. The molecule has 3 heterocycles. The first-order valence-corrected chi connectivity index (χ1v) is 10.6. The van der Waals surface area contributed by atoms with Gasteiger partial charge in [-0.2, -0.15) is 5.26 Å². The molecule has 4 nitrogen and oxygen atoms in total. The summed E-state index contributed by atoms with van der Waals surface area (Å²) in [5, 5.41) is 10.6. The van der Waals surface area contributed by atoms with E-state index in [1.54, 1.807) is 0 Å². The van der Waals surface area contributed by atoms with Crippen LogP contribution in [-0.2, 0) is 0 Å². The predicted octanol–water partition coefficient (Wildman–Crippen LogP) is 5.76. The molecule has 0 radical (unpaired) electrons. The van der Waals surface area contributed by atoms with Crippen LogP contribution in [0.1, 0.15) is 35.2 Å². The van der Waals surface area contributed by atoms with Crippen molar-refractivity contribution in [2.75, 3.05) is 18.0 Å². The molecule has 5 heteroatoms. The van der Waals surface area contributed by atoms with Gasteiger partial charge in [-0.3, -0.25) is 0 Å². The van der Waals surface area contributed by atoms with E-state index in [9.17, 15) is 5.26 Å². The van der Waals surface area contributed by atoms with Gasteiger partial charge in [-0.05, 0) is 75.4 Å². The quantitative estimate of drug-likeness (QED) is 0.512. The van der Waals surface area contributed by atoms with Crippen LogP contribution in [0.2, 0.25) is 0 Å². The number of piperidine rings is 1. The van der Waals surface area contributed by atoms with Crippen LogP contribution in [-0.4, -0.2) is 22.6 Å². The van der Waals surface area contributed by atoms with Gasteiger partial charge in [-0.15, -0.1) is 0 Å². The van der Waals surface area contributed by atoms with Crippen molar-refractivity contribution in [2.45, 2.75) is 40.5 Å². The molecular weight excluding hydrogens is 412 g/mol. The highest BCUT2D eigenvalue weighted by Crippen LogP contribution is 2.36. The Morgan fingerprint density at radius 2 is 1.82 bits per heavy atom. The molecule has 4 rings (SSSR count). The van der Waals surface area contributed by atoms with Gasteiger partial charge in [-0.25, -0.2) is 4.98 Å². The molecule has 2 aromatic heterocycles. The lowest BCUT2D eigenvalue weighted by Gasteiger charge is -2.32. The first-order chi connectivity index (χ1) is 13.4. The number of aromatic nitrogens is 2. The Bertz CT molecular complexity index is 1080. The number of nitriles is 1. The molecule has 0 spiro atoms. The fourth-order valence-electron chi connectivity index (χ4n) is 4.52. The first-order valence-electron chi connectivity index (χ1n) is 9.80. The van der Waals surface area contributed by atoms with E-state index >= 15 is 0 Å². The normalized spacial score (nSPS) is 17.1. The van der Waals surface area contributed by atoms with Crippen LogP contribution in [0.15, 0.2) is 28.9 Å². The molecule has 28 heavy (non-hydrogen) atoms. The Morgan fingerprint density at radius 1 is 1.11 bits per heavy atom. The third-order valence-corrected chi connectivity index (χ3v) is 6.15. The summed E-state index contributed by atoms with van der Waals surface area (Å²) in [6.07, 6.45) is 4.26. The summed E-state index contributed by atoms with van der Waals surface area (Å²) < 4.78 is 3.34. The van der Waals surface area contributed by atoms with E-state index in [4.69, 9.17) is 4.98 Å². The van der Waals surface area contributed by atoms with E-state index < -0.39 is 0 Å². The zero-order valence-electron chi connectivity index (χ0n) is 16.9. The van der Waals surface area contributed by atoms with Crippen molar-refractivity contribution in [3.05, 3.63) is 51.3 Å². The maximum Gasteiger partial charge on any atom is 0.147 e. The molecule has 0 N–H and O–H groups in total. The minimum absolute atomic E-state index is 0.107. The van der Waals surface area contributed by atoms with E-state index in [1.165, 1.54) is 33.5 Å². The van der Waals surface area contributed by atoms with Gasteiger partial charge in [0.15, 0.2) is 0 Å². The summed E-state index contributed by atoms with van der Waals surface area (Å²) in [4.78, 5) is 7.31. The lowest BCUT2D eigenvalue weighted by molar-refractivity contribution is 0.494. The number of anilines is 1. The van der Waals surface area contributed by atoms with E-state index in [0.717, 1.165) is 41.7 Å². The predicted molar refractivity (Wildman–Crippen MR) is 118 cm³/mol. The lowest BCUT2D eigenvalue weighted by Crippen LogP contribution is -2.35. The molecule has 3 aromatic rings. The minimum atomic E-state index is 0.107. The summed E-state index contributed by atoms with van der Waals surface area (Å²) in [5.41, 5.74) is 8.07. The maximum absolute atomic E-state index is 9.42. The second kappa shape index (κ2) is 7.25. The van der Waals surface area contributed by atoms with E-state index in [0.29, 0.717) is 0 Å². The molecule has 1 atom stereocenters. The Kier molecular flexibility index (Phi) is 4.93. The molecule has 1 saturated heterocycles. The Balaban J connectivity index is 1.94. The third-order valence-electron chi connectivity index (χ3n) is 5.69. The second-order valence-corrected chi connectivity index (χ2v) is 8.88. The fraction of sp³-hybridized carbons (Fsp3) is 0.391. The van der Waals surface area contributed by atoms with Gasteiger partial charge in [0.2, 0.25) is 0 Å². The second-order valence-electron chi connectivity index (χ2n) is 7.97. The Labute approximate surface area is 174 Å². The van der Waals surface area contributed by atoms with Gasteiger partial charge in [0.05, 0.1) is 17.7 Å². The van der Waals surface area contributed by atoms with Crippen LogP contribution in [0, 0.1) is 44.9 Å². The average Bonchev–Trinajstić information content (AvgIpc) is 2.96. The number of halogens is 1. The van der Waals surface area contributed by atoms with Crippen molar-refractivity contribution in [3.8, 4) is 11.8 Å². The van der Waals surface area contributed by atoms with Crippen LogP contribution in [0.25, 0.3) is 16.7 Å². The highest BCUT2D eigenvalue weighted by Gasteiger charge is 2.24. The molecule has 1 fully saturated rings. The summed E-state index contributed by atoms with van der Waals surface area (Å²) in [6, 6.07) is 8.96. The van der Waals surface area contributed by atoms with Gasteiger partial charge in [-0.1, -0.05) is 15.9 Å². The third kappa shape index (κ3) is 3.20. The average molecular weight is 437 g/mol. The molecule has 144 valence electrons. The number of benzene rings is 1. The molecule has 0 saturated carbocycles. The molecule has 0 amide bonds. The Hall–Kier alpha value is -2.32. The van der Waals surface area contributed by atoms with Crippen molar-refractivity contribution < 1.29 is 0 Å². The van der Waals surface area contributed by atoms with Gasteiger partial charge in [0.25, 0.3) is 0 Å². The van der Waals surface area contributed by atoms with E-state index in [1.807, 2.05) is 0 Å². The monoisotopic (exact) mass is 436 g/mol. The van der Waals surface area contributed by atoms with Gasteiger partial charge >= 0.3 is 0 Å². The van der Waals surface area contributed by atoms with Crippen molar-refractivity contribution in [1.82, 2.24) is 9.55 Å². The highest BCUT2D eigenvalue weighted by atomic mass is 79.9. The van der Waals surface area contributed by atoms with Crippen LogP contribution >= 0.6 is 15.9 Å². The topological polar surface area (TPSA) is 44.9 Å². The number of hydrogen-bond acceptors (Lipinski definition) is 3. The number of fused-ring (bicyclic) bond motifs is 1. The molecular formula is C23H25BrN4. The number of pyridine rings is 1. The number of aryl methyl sites for hydroxylation is 4. The standard InChI is InChI=1S/C23H25BrN4/c1-14-8-19(24)9-15(2)22(14)28-12-16(3)21-20(10-17(4)26-23(21)28)27-7-5-6-18(11-25)13-27/h8-10,12,18H,5-7,13H2,1-4H3. The van der Waals surface area contributed by atoms with Crippen molar-refractivity contribution >= 4 is 32.7 Å². The molecule has 0 aliphatic carbocycles. The molecule has 1 aliphatic heterocycles. The van der Waals surface area contributed by atoms with Crippen LogP contribution in [0.3, 0.4) is 0 Å². The summed E-state index contributed by atoms with van der Waals surface area (Å²) in [7, 11) is 0. The van der Waals surface area contributed by atoms with Crippen molar-refractivity contribution in [3.63, 3.8) is 0 Å². The largest absolute Gasteiger partial charge is 0.370 e. The van der Waals surface area contributed by atoms with Crippen LogP contribution in [0.4, 0.5) is 5.69 Å². The SMILES string of the molecule is Cc1cc(N2CCCC(C#N)C2)c2c(C)cn(-c3c(C)cc(Br)cc3C)c2n1. The summed E-state index contributed by atoms with van der Waals surface area (Å²) in [5.74, 6) is 0.107. The molecule has 1 aliphatic rings. The van der Waals surface area contributed by atoms with Crippen LogP contribution in [0.5, 0.6) is 0 Å². The lowest BCUT2D eigenvalue weighted by atomic mass is 9.98. The van der Waals surface area contributed by atoms with Crippen LogP contribution < -0.4 is 4.90 Å². The van der Waals surface area contributed by atoms with E-state index in [-0.39, 0.29) is 5.92 Å². The number of rotatable bonds is 2. The fourth-order valence-corrected chi connectivity index (χ4v) is 5.20. The summed E-state index contributed by atoms with van der Waals surface area (Å²) >= 11 is 3.60. The highest BCUT2D eigenvalue weighted by molar-refractivity contribution is 9.10. The first kappa shape index (κ1) is 19.0. The zero-order chi connectivity index (χ0) is 20.0. The zero-order valence-corrected chi connectivity index (χ0v) is 18.5. The maximum atomic E-state index is 9.42. The van der Waals surface area contributed by atoms with Crippen molar-refractivity contribution in [1.29, 1.82) is 5.26 Å². The van der Waals surface area contributed by atoms with Crippen molar-refractivity contribution in [2.24, 2.45) is 5.92 Å². The van der Waals surface area contributed by atoms with E-state index in [2.05, 4.69) is 83.6 Å². The molecule has 1 aromatic carbocycles. The smallest absolute Gasteiger partial charge is 0.147 e. The summed E-state index contributed by atoms with van der Waals surface area (Å²) in [6.45, 7) is 10.3. The van der Waals surface area contributed by atoms with Gasteiger partial charge in [0, 0.05) is 40.5 Å². The van der Waals surface area contributed by atoms with Gasteiger partial charge < -0.3 is 9.47 Å². The Morgan fingerprint density at radius 3 is 2.50 bits per heavy atom. The molecule has 1 unspecified atom stereocenters. The van der Waals surface area contributed by atoms with Gasteiger partial charge in [0.1, 0.15) is 5.65 Å². The number of hydrogen-bond donors (Lipinski definition) is 0. The number of nitrogens with zero attached hydrogens (tertiary/aromatic N) is 4.